The largest absolute Gasteiger partial charge is 0.431 e. The summed E-state index contributed by atoms with van der Waals surface area (Å²) < 4.78 is 5.66. The molecule has 1 aromatic heterocycles. The lowest BCUT2D eigenvalue weighted by Gasteiger charge is -2.00. The van der Waals surface area contributed by atoms with Crippen molar-refractivity contribution < 1.29 is 4.42 Å². The number of para-hydroxylation sites is 2. The smallest absolute Gasteiger partial charge is 0.256 e. The summed E-state index contributed by atoms with van der Waals surface area (Å²) in [5, 5.41) is 0.733. The zero-order chi connectivity index (χ0) is 13.1. The fourth-order valence-corrected chi connectivity index (χ4v) is 2.68. The van der Waals surface area contributed by atoms with Crippen molar-refractivity contribution in [2.24, 2.45) is 0 Å². The number of nitrogens with two attached hydrogens (primary N) is 1. The number of hydrogen-bond acceptors (Lipinski definition) is 4. The summed E-state index contributed by atoms with van der Waals surface area (Å²) in [5.74, 6) is 0.941. The minimum atomic E-state index is 0.733. The van der Waals surface area contributed by atoms with E-state index in [0.717, 1.165) is 34.2 Å². The predicted octanol–water partition coefficient (Wildman–Crippen LogP) is 3.74. The lowest BCUT2D eigenvalue weighted by Crippen LogP contribution is -1.90. The Morgan fingerprint density at radius 1 is 1.05 bits per heavy atom. The molecule has 0 unspecified atom stereocenters. The van der Waals surface area contributed by atoms with Crippen LogP contribution in [0.15, 0.2) is 58.2 Å². The van der Waals surface area contributed by atoms with Crippen LogP contribution in [-0.2, 0) is 6.42 Å². The highest BCUT2D eigenvalue weighted by molar-refractivity contribution is 7.99. The van der Waals surface area contributed by atoms with Gasteiger partial charge in [-0.25, -0.2) is 4.98 Å². The molecule has 2 N–H and O–H groups in total. The molecule has 0 saturated carbocycles. The van der Waals surface area contributed by atoms with Gasteiger partial charge in [-0.1, -0.05) is 36.0 Å². The summed E-state index contributed by atoms with van der Waals surface area (Å²) in [6.45, 7) is 0. The summed E-state index contributed by atoms with van der Waals surface area (Å²) in [7, 11) is 0. The van der Waals surface area contributed by atoms with E-state index in [-0.39, 0.29) is 0 Å². The summed E-state index contributed by atoms with van der Waals surface area (Å²) in [4.78, 5) is 4.43. The topological polar surface area (TPSA) is 52.0 Å². The van der Waals surface area contributed by atoms with Crippen LogP contribution in [0.5, 0.6) is 0 Å². The van der Waals surface area contributed by atoms with E-state index < -0.39 is 0 Å². The van der Waals surface area contributed by atoms with Crippen molar-refractivity contribution in [2.75, 3.05) is 11.5 Å². The average molecular weight is 270 g/mol. The maximum atomic E-state index is 5.66. The molecule has 0 bridgehead atoms. The monoisotopic (exact) mass is 270 g/mol. The molecule has 0 atom stereocenters. The number of hydrogen-bond donors (Lipinski definition) is 1. The van der Waals surface area contributed by atoms with Crippen LogP contribution in [0, 0.1) is 0 Å². The van der Waals surface area contributed by atoms with Crippen molar-refractivity contribution in [3.8, 4) is 0 Å². The molecule has 0 saturated heterocycles. The summed E-state index contributed by atoms with van der Waals surface area (Å²) in [6, 6.07) is 15.8. The number of benzene rings is 2. The standard InChI is InChI=1S/C15H14N2OS/c16-12-7-5-11(6-8-12)9-10-19-15-17-13-3-1-2-4-14(13)18-15/h1-8H,9-10,16H2. The molecule has 1 heterocycles. The molecule has 3 aromatic rings. The van der Waals surface area contributed by atoms with Crippen LogP contribution in [0.4, 0.5) is 5.69 Å². The molecule has 0 radical (unpaired) electrons. The highest BCUT2D eigenvalue weighted by atomic mass is 32.2. The molecular weight excluding hydrogens is 256 g/mol. The van der Waals surface area contributed by atoms with E-state index in [1.807, 2.05) is 36.4 Å². The number of aryl methyl sites for hydroxylation is 1. The molecular formula is C15H14N2OS. The normalized spacial score (nSPS) is 10.9. The molecule has 4 heteroatoms. The van der Waals surface area contributed by atoms with Gasteiger partial charge < -0.3 is 10.2 Å². The Morgan fingerprint density at radius 2 is 1.84 bits per heavy atom. The number of thioether (sulfide) groups is 1. The SMILES string of the molecule is Nc1ccc(CCSc2nc3ccccc3o2)cc1. The van der Waals surface area contributed by atoms with Gasteiger partial charge in [0.05, 0.1) is 0 Å². The van der Waals surface area contributed by atoms with E-state index in [1.165, 1.54) is 5.56 Å². The van der Waals surface area contributed by atoms with Crippen molar-refractivity contribution >= 4 is 28.5 Å². The second-order valence-corrected chi connectivity index (χ2v) is 5.33. The lowest BCUT2D eigenvalue weighted by atomic mass is 10.2. The molecule has 3 nitrogen and oxygen atoms in total. The van der Waals surface area contributed by atoms with Crippen molar-refractivity contribution in [1.29, 1.82) is 0 Å². The fourth-order valence-electron chi connectivity index (χ4n) is 1.85. The molecule has 0 amide bonds. The summed E-state index contributed by atoms with van der Waals surface area (Å²) in [6.07, 6.45) is 0.976. The average Bonchev–Trinajstić information content (AvgIpc) is 2.83. The predicted molar refractivity (Wildman–Crippen MR) is 79.3 cm³/mol. The van der Waals surface area contributed by atoms with E-state index in [0.29, 0.717) is 0 Å². The lowest BCUT2D eigenvalue weighted by molar-refractivity contribution is 0.489. The Balaban J connectivity index is 1.61. The number of oxazole rings is 1. The Morgan fingerprint density at radius 3 is 2.63 bits per heavy atom. The third kappa shape index (κ3) is 2.90. The molecule has 0 aliphatic carbocycles. The summed E-state index contributed by atoms with van der Waals surface area (Å²) >= 11 is 1.64. The quantitative estimate of drug-likeness (QED) is 0.579. The number of rotatable bonds is 4. The van der Waals surface area contributed by atoms with Gasteiger partial charge in [0.25, 0.3) is 5.22 Å². The number of fused-ring (bicyclic) bond motifs is 1. The number of nitrogens with zero attached hydrogens (tertiary/aromatic N) is 1. The minimum absolute atomic E-state index is 0.733. The molecule has 19 heavy (non-hydrogen) atoms. The number of anilines is 1. The Kier molecular flexibility index (Phi) is 3.42. The maximum Gasteiger partial charge on any atom is 0.256 e. The van der Waals surface area contributed by atoms with Crippen LogP contribution in [0.25, 0.3) is 11.1 Å². The fraction of sp³-hybridized carbons (Fsp3) is 0.133. The van der Waals surface area contributed by atoms with E-state index in [2.05, 4.69) is 17.1 Å². The van der Waals surface area contributed by atoms with E-state index >= 15 is 0 Å². The highest BCUT2D eigenvalue weighted by Crippen LogP contribution is 2.23. The van der Waals surface area contributed by atoms with Gasteiger partial charge >= 0.3 is 0 Å². The molecule has 0 aliphatic heterocycles. The zero-order valence-corrected chi connectivity index (χ0v) is 11.2. The molecule has 0 fully saturated rings. The third-order valence-corrected chi connectivity index (χ3v) is 3.70. The van der Waals surface area contributed by atoms with Crippen LogP contribution >= 0.6 is 11.8 Å². The third-order valence-electron chi connectivity index (χ3n) is 2.87. The second-order valence-electron chi connectivity index (χ2n) is 4.29. The minimum Gasteiger partial charge on any atom is -0.431 e. The molecule has 2 aromatic carbocycles. The van der Waals surface area contributed by atoms with Crippen molar-refractivity contribution in [2.45, 2.75) is 11.6 Å². The van der Waals surface area contributed by atoms with Crippen molar-refractivity contribution in [3.05, 3.63) is 54.1 Å². The van der Waals surface area contributed by atoms with Gasteiger partial charge in [-0.3, -0.25) is 0 Å². The van der Waals surface area contributed by atoms with E-state index in [1.54, 1.807) is 11.8 Å². The van der Waals surface area contributed by atoms with Crippen LogP contribution in [0.3, 0.4) is 0 Å². The van der Waals surface area contributed by atoms with Crippen LogP contribution in [-0.4, -0.2) is 10.7 Å². The first-order valence-corrected chi connectivity index (χ1v) is 7.12. The van der Waals surface area contributed by atoms with Crippen LogP contribution in [0.1, 0.15) is 5.56 Å². The van der Waals surface area contributed by atoms with Gasteiger partial charge in [0.2, 0.25) is 0 Å². The molecule has 0 spiro atoms. The zero-order valence-electron chi connectivity index (χ0n) is 10.4. The van der Waals surface area contributed by atoms with Gasteiger partial charge in [0, 0.05) is 11.4 Å². The van der Waals surface area contributed by atoms with E-state index in [9.17, 15) is 0 Å². The van der Waals surface area contributed by atoms with Gasteiger partial charge in [0.15, 0.2) is 5.58 Å². The molecule has 3 rings (SSSR count). The number of nitrogen functional groups attached to an aromatic ring is 1. The molecule has 0 aliphatic rings. The Labute approximate surface area is 115 Å². The second kappa shape index (κ2) is 5.36. The van der Waals surface area contributed by atoms with E-state index in [4.69, 9.17) is 10.2 Å². The Hall–Kier alpha value is -1.94. The summed E-state index contributed by atoms with van der Waals surface area (Å²) in [5.41, 5.74) is 9.50. The number of aromatic nitrogens is 1. The van der Waals surface area contributed by atoms with Crippen LogP contribution < -0.4 is 5.73 Å². The van der Waals surface area contributed by atoms with Crippen molar-refractivity contribution in [1.82, 2.24) is 4.98 Å². The van der Waals surface area contributed by atoms with Gasteiger partial charge in [-0.15, -0.1) is 0 Å². The maximum absolute atomic E-state index is 5.66. The first-order chi connectivity index (χ1) is 9.31. The van der Waals surface area contributed by atoms with Crippen LogP contribution in [0.2, 0.25) is 0 Å². The first-order valence-electron chi connectivity index (χ1n) is 6.14. The van der Waals surface area contributed by atoms with Gasteiger partial charge in [0.1, 0.15) is 5.52 Å². The first kappa shape index (κ1) is 12.1. The van der Waals surface area contributed by atoms with Crippen molar-refractivity contribution in [3.63, 3.8) is 0 Å². The van der Waals surface area contributed by atoms with Gasteiger partial charge in [-0.2, -0.15) is 0 Å². The molecule has 96 valence electrons. The van der Waals surface area contributed by atoms with Gasteiger partial charge in [-0.05, 0) is 36.2 Å². The highest BCUT2D eigenvalue weighted by Gasteiger charge is 2.05. The Bertz CT molecular complexity index is 643.